The SMILES string of the molecule is CCOC(=O)CCOc1ccc(OCC)cc1. The van der Waals surface area contributed by atoms with E-state index in [2.05, 4.69) is 0 Å². The summed E-state index contributed by atoms with van der Waals surface area (Å²) in [4.78, 5) is 11.1. The molecule has 0 aromatic heterocycles. The zero-order chi connectivity index (χ0) is 12.5. The number of hydrogen-bond donors (Lipinski definition) is 0. The quantitative estimate of drug-likeness (QED) is 0.684. The lowest BCUT2D eigenvalue weighted by Gasteiger charge is -2.07. The van der Waals surface area contributed by atoms with Crippen molar-refractivity contribution in [2.75, 3.05) is 19.8 Å². The lowest BCUT2D eigenvalue weighted by Crippen LogP contribution is -2.09. The molecule has 0 bridgehead atoms. The van der Waals surface area contributed by atoms with Gasteiger partial charge < -0.3 is 14.2 Å². The van der Waals surface area contributed by atoms with Crippen LogP contribution in [0, 0.1) is 0 Å². The maximum Gasteiger partial charge on any atom is 0.309 e. The molecule has 0 N–H and O–H groups in total. The first-order valence-electron chi connectivity index (χ1n) is 5.77. The summed E-state index contributed by atoms with van der Waals surface area (Å²) < 4.78 is 15.5. The molecule has 0 saturated heterocycles. The second kappa shape index (κ2) is 7.54. The van der Waals surface area contributed by atoms with E-state index in [1.54, 1.807) is 6.92 Å². The van der Waals surface area contributed by atoms with Crippen LogP contribution in [0.5, 0.6) is 11.5 Å². The van der Waals surface area contributed by atoms with Crippen LogP contribution < -0.4 is 9.47 Å². The van der Waals surface area contributed by atoms with Crippen molar-refractivity contribution in [1.29, 1.82) is 0 Å². The van der Waals surface area contributed by atoms with Gasteiger partial charge in [-0.2, -0.15) is 0 Å². The molecule has 1 aromatic carbocycles. The highest BCUT2D eigenvalue weighted by atomic mass is 16.5. The summed E-state index contributed by atoms with van der Waals surface area (Å²) >= 11 is 0. The van der Waals surface area contributed by atoms with Gasteiger partial charge in [-0.1, -0.05) is 0 Å². The number of hydrogen-bond acceptors (Lipinski definition) is 4. The molecule has 0 fully saturated rings. The third-order valence-electron chi connectivity index (χ3n) is 2.01. The van der Waals surface area contributed by atoms with Gasteiger partial charge in [-0.25, -0.2) is 0 Å². The van der Waals surface area contributed by atoms with E-state index in [-0.39, 0.29) is 12.4 Å². The van der Waals surface area contributed by atoms with Gasteiger partial charge in [-0.15, -0.1) is 0 Å². The van der Waals surface area contributed by atoms with Gasteiger partial charge in [0.05, 0.1) is 26.2 Å². The summed E-state index contributed by atoms with van der Waals surface area (Å²) in [6, 6.07) is 7.30. The van der Waals surface area contributed by atoms with Crippen LogP contribution in [0.1, 0.15) is 20.3 Å². The number of benzene rings is 1. The first-order valence-corrected chi connectivity index (χ1v) is 5.77. The maximum atomic E-state index is 11.1. The Hall–Kier alpha value is -1.71. The van der Waals surface area contributed by atoms with Crippen LogP contribution in [0.3, 0.4) is 0 Å². The van der Waals surface area contributed by atoms with E-state index in [0.717, 1.165) is 11.5 Å². The molecule has 0 radical (unpaired) electrons. The Balaban J connectivity index is 2.29. The smallest absolute Gasteiger partial charge is 0.309 e. The second-order valence-electron chi connectivity index (χ2n) is 3.31. The largest absolute Gasteiger partial charge is 0.494 e. The van der Waals surface area contributed by atoms with Gasteiger partial charge in [0.2, 0.25) is 0 Å². The van der Waals surface area contributed by atoms with Crippen molar-refractivity contribution in [3.05, 3.63) is 24.3 Å². The molecule has 1 rings (SSSR count). The summed E-state index contributed by atoms with van der Waals surface area (Å²) in [5.74, 6) is 1.29. The van der Waals surface area contributed by atoms with Gasteiger partial charge >= 0.3 is 5.97 Å². The van der Waals surface area contributed by atoms with Gasteiger partial charge in [0.15, 0.2) is 0 Å². The fourth-order valence-corrected chi connectivity index (χ4v) is 1.28. The number of carbonyl (C=O) groups is 1. The average molecular weight is 238 g/mol. The highest BCUT2D eigenvalue weighted by Crippen LogP contribution is 2.17. The number of rotatable bonds is 7. The molecule has 0 spiro atoms. The molecular formula is C13H18O4. The monoisotopic (exact) mass is 238 g/mol. The molecule has 17 heavy (non-hydrogen) atoms. The van der Waals surface area contributed by atoms with Crippen molar-refractivity contribution < 1.29 is 19.0 Å². The fourth-order valence-electron chi connectivity index (χ4n) is 1.28. The summed E-state index contributed by atoms with van der Waals surface area (Å²) in [5, 5.41) is 0. The Morgan fingerprint density at radius 3 is 2.12 bits per heavy atom. The normalized spacial score (nSPS) is 9.76. The molecule has 4 heteroatoms. The van der Waals surface area contributed by atoms with Crippen LogP contribution in [-0.2, 0) is 9.53 Å². The first kappa shape index (κ1) is 13.4. The van der Waals surface area contributed by atoms with E-state index in [0.29, 0.717) is 19.8 Å². The molecule has 4 nitrogen and oxygen atoms in total. The predicted octanol–water partition coefficient (Wildman–Crippen LogP) is 2.42. The molecule has 0 aliphatic rings. The van der Waals surface area contributed by atoms with Crippen molar-refractivity contribution >= 4 is 5.97 Å². The van der Waals surface area contributed by atoms with Crippen molar-refractivity contribution in [3.63, 3.8) is 0 Å². The van der Waals surface area contributed by atoms with Crippen molar-refractivity contribution in [1.82, 2.24) is 0 Å². The van der Waals surface area contributed by atoms with Gasteiger partial charge in [-0.3, -0.25) is 4.79 Å². The van der Waals surface area contributed by atoms with Crippen LogP contribution in [-0.4, -0.2) is 25.8 Å². The number of ether oxygens (including phenoxy) is 3. The van der Waals surface area contributed by atoms with Crippen LogP contribution in [0.2, 0.25) is 0 Å². The van der Waals surface area contributed by atoms with Gasteiger partial charge in [0.25, 0.3) is 0 Å². The Kier molecular flexibility index (Phi) is 5.93. The Morgan fingerprint density at radius 2 is 1.59 bits per heavy atom. The zero-order valence-electron chi connectivity index (χ0n) is 10.3. The van der Waals surface area contributed by atoms with Crippen molar-refractivity contribution in [3.8, 4) is 11.5 Å². The van der Waals surface area contributed by atoms with Crippen LogP contribution >= 0.6 is 0 Å². The van der Waals surface area contributed by atoms with Gasteiger partial charge in [0, 0.05) is 0 Å². The van der Waals surface area contributed by atoms with Crippen LogP contribution in [0.4, 0.5) is 0 Å². The second-order valence-corrected chi connectivity index (χ2v) is 3.31. The Bertz CT molecular complexity index is 332. The molecule has 0 amide bonds. The van der Waals surface area contributed by atoms with Crippen LogP contribution in [0.15, 0.2) is 24.3 Å². The Labute approximate surface area is 101 Å². The van der Waals surface area contributed by atoms with E-state index < -0.39 is 0 Å². The minimum atomic E-state index is -0.238. The molecule has 94 valence electrons. The molecular weight excluding hydrogens is 220 g/mol. The summed E-state index contributed by atoms with van der Waals surface area (Å²) in [5.41, 5.74) is 0. The van der Waals surface area contributed by atoms with E-state index in [1.807, 2.05) is 31.2 Å². The highest BCUT2D eigenvalue weighted by molar-refractivity contribution is 5.69. The molecule has 0 heterocycles. The maximum absolute atomic E-state index is 11.1. The molecule has 0 aliphatic carbocycles. The molecule has 1 aromatic rings. The summed E-state index contributed by atoms with van der Waals surface area (Å²) in [7, 11) is 0. The highest BCUT2D eigenvalue weighted by Gasteiger charge is 2.02. The summed E-state index contributed by atoms with van der Waals surface area (Å²) in [6.07, 6.45) is 0.265. The standard InChI is InChI=1S/C13H18O4/c1-3-15-11-5-7-12(8-6-11)17-10-9-13(14)16-4-2/h5-8H,3-4,9-10H2,1-2H3. The average Bonchev–Trinajstić information content (AvgIpc) is 2.32. The molecule has 0 saturated carbocycles. The number of esters is 1. The van der Waals surface area contributed by atoms with Gasteiger partial charge in [0.1, 0.15) is 11.5 Å². The van der Waals surface area contributed by atoms with E-state index in [4.69, 9.17) is 14.2 Å². The van der Waals surface area contributed by atoms with E-state index >= 15 is 0 Å². The Morgan fingerprint density at radius 1 is 1.00 bits per heavy atom. The first-order chi connectivity index (χ1) is 8.26. The topological polar surface area (TPSA) is 44.8 Å². The molecule has 0 atom stereocenters. The van der Waals surface area contributed by atoms with E-state index in [1.165, 1.54) is 0 Å². The minimum Gasteiger partial charge on any atom is -0.494 e. The third-order valence-corrected chi connectivity index (χ3v) is 2.01. The fraction of sp³-hybridized carbons (Fsp3) is 0.462. The van der Waals surface area contributed by atoms with Gasteiger partial charge in [-0.05, 0) is 38.1 Å². The van der Waals surface area contributed by atoms with E-state index in [9.17, 15) is 4.79 Å². The minimum absolute atomic E-state index is 0.238. The van der Waals surface area contributed by atoms with Crippen LogP contribution in [0.25, 0.3) is 0 Å². The van der Waals surface area contributed by atoms with Crippen molar-refractivity contribution in [2.45, 2.75) is 20.3 Å². The third kappa shape index (κ3) is 5.24. The molecule has 0 aliphatic heterocycles. The predicted molar refractivity (Wildman–Crippen MR) is 64.4 cm³/mol. The lowest BCUT2D eigenvalue weighted by atomic mass is 10.3. The zero-order valence-corrected chi connectivity index (χ0v) is 10.3. The number of carbonyl (C=O) groups excluding carboxylic acids is 1. The van der Waals surface area contributed by atoms with Crippen molar-refractivity contribution in [2.24, 2.45) is 0 Å². The lowest BCUT2D eigenvalue weighted by molar-refractivity contribution is -0.143. The summed E-state index contributed by atoms with van der Waals surface area (Å²) in [6.45, 7) is 5.09. The molecule has 0 unspecified atom stereocenters.